The lowest BCUT2D eigenvalue weighted by Crippen LogP contribution is -2.30. The van der Waals surface area contributed by atoms with Gasteiger partial charge in [-0.15, -0.1) is 0 Å². The zero-order chi connectivity index (χ0) is 59.4. The van der Waals surface area contributed by atoms with Crippen molar-refractivity contribution in [2.45, 2.75) is 317 Å². The van der Waals surface area contributed by atoms with E-state index < -0.39 is 97.5 Å². The summed E-state index contributed by atoms with van der Waals surface area (Å²) in [5, 5.41) is 10.5. The van der Waals surface area contributed by atoms with Crippen molar-refractivity contribution >= 4 is 39.5 Å². The van der Waals surface area contributed by atoms with Crippen LogP contribution in [0.1, 0.15) is 298 Å². The zero-order valence-electron chi connectivity index (χ0n) is 51.4. The van der Waals surface area contributed by atoms with Crippen LogP contribution < -0.4 is 0 Å². The molecule has 0 aliphatic heterocycles. The summed E-state index contributed by atoms with van der Waals surface area (Å²) >= 11 is 0. The van der Waals surface area contributed by atoms with Gasteiger partial charge in [0.1, 0.15) is 19.3 Å². The molecular weight excluding hydrogens is 1070 g/mol. The third-order valence-corrected chi connectivity index (χ3v) is 16.2. The Morgan fingerprint density at radius 2 is 0.637 bits per heavy atom. The van der Waals surface area contributed by atoms with Crippen molar-refractivity contribution in [2.75, 3.05) is 39.6 Å². The van der Waals surface area contributed by atoms with Crippen LogP contribution in [-0.2, 0) is 65.4 Å². The lowest BCUT2D eigenvalue weighted by molar-refractivity contribution is -0.161. The second-order valence-corrected chi connectivity index (χ2v) is 25.7. The minimum absolute atomic E-state index is 0.102. The number of phosphoric acid groups is 2. The third-order valence-electron chi connectivity index (χ3n) is 14.3. The Bertz CT molecular complexity index is 1580. The highest BCUT2D eigenvalue weighted by molar-refractivity contribution is 7.47. The number of phosphoric ester groups is 2. The van der Waals surface area contributed by atoms with E-state index in [9.17, 15) is 43.2 Å². The number of ether oxygens (including phenoxy) is 4. The molecule has 0 saturated carbocycles. The van der Waals surface area contributed by atoms with E-state index >= 15 is 0 Å². The first-order chi connectivity index (χ1) is 38.4. The topological polar surface area (TPSA) is 237 Å². The van der Waals surface area contributed by atoms with Crippen molar-refractivity contribution in [3.8, 4) is 0 Å². The van der Waals surface area contributed by atoms with Crippen LogP contribution in [0.2, 0.25) is 0 Å². The average Bonchev–Trinajstić information content (AvgIpc) is 3.42. The van der Waals surface area contributed by atoms with Crippen LogP contribution in [0.5, 0.6) is 0 Å². The van der Waals surface area contributed by atoms with Gasteiger partial charge in [0.05, 0.1) is 26.4 Å². The number of hydrogen-bond donors (Lipinski definition) is 3. The number of esters is 4. The Hall–Kier alpha value is -1.94. The fraction of sp³-hybridized carbons (Fsp3) is 0.934. The maximum atomic E-state index is 12.9. The lowest BCUT2D eigenvalue weighted by Gasteiger charge is -2.21. The molecule has 0 saturated heterocycles. The van der Waals surface area contributed by atoms with Crippen LogP contribution in [0.15, 0.2) is 0 Å². The predicted molar refractivity (Wildman–Crippen MR) is 317 cm³/mol. The Morgan fingerprint density at radius 3 is 0.950 bits per heavy atom. The van der Waals surface area contributed by atoms with Crippen LogP contribution in [0.4, 0.5) is 0 Å². The molecule has 0 spiro atoms. The molecule has 0 aromatic carbocycles. The molecular formula is C61H118O17P2. The van der Waals surface area contributed by atoms with Gasteiger partial charge in [-0.2, -0.15) is 0 Å². The molecule has 0 bridgehead atoms. The Labute approximate surface area is 486 Å². The average molecular weight is 1190 g/mol. The fourth-order valence-corrected chi connectivity index (χ4v) is 10.5. The molecule has 0 fully saturated rings. The van der Waals surface area contributed by atoms with Crippen molar-refractivity contribution in [3.05, 3.63) is 0 Å². The molecule has 80 heavy (non-hydrogen) atoms. The zero-order valence-corrected chi connectivity index (χ0v) is 53.2. The Kier molecular flexibility index (Phi) is 52.5. The van der Waals surface area contributed by atoms with E-state index in [1.54, 1.807) is 0 Å². The van der Waals surface area contributed by atoms with Crippen LogP contribution in [0, 0.1) is 11.8 Å². The number of carbonyl (C=O) groups is 4. The lowest BCUT2D eigenvalue weighted by atomic mass is 9.99. The second-order valence-electron chi connectivity index (χ2n) is 22.8. The van der Waals surface area contributed by atoms with E-state index in [0.29, 0.717) is 31.6 Å². The highest BCUT2D eigenvalue weighted by Gasteiger charge is 2.30. The van der Waals surface area contributed by atoms with Crippen molar-refractivity contribution < 1.29 is 80.2 Å². The van der Waals surface area contributed by atoms with Gasteiger partial charge in [-0.1, -0.05) is 247 Å². The molecule has 0 radical (unpaired) electrons. The van der Waals surface area contributed by atoms with Crippen LogP contribution in [0.25, 0.3) is 0 Å². The van der Waals surface area contributed by atoms with Gasteiger partial charge < -0.3 is 33.8 Å². The summed E-state index contributed by atoms with van der Waals surface area (Å²) in [6.45, 7) is 9.34. The molecule has 0 aromatic rings. The summed E-state index contributed by atoms with van der Waals surface area (Å²) in [6, 6.07) is 0. The predicted octanol–water partition coefficient (Wildman–Crippen LogP) is 16.5. The van der Waals surface area contributed by atoms with E-state index in [1.165, 1.54) is 89.9 Å². The molecule has 0 aliphatic carbocycles. The molecule has 3 N–H and O–H groups in total. The highest BCUT2D eigenvalue weighted by atomic mass is 31.2. The highest BCUT2D eigenvalue weighted by Crippen LogP contribution is 2.45. The van der Waals surface area contributed by atoms with Gasteiger partial charge in [-0.05, 0) is 37.5 Å². The molecule has 0 amide bonds. The van der Waals surface area contributed by atoms with Gasteiger partial charge in [-0.25, -0.2) is 9.13 Å². The smallest absolute Gasteiger partial charge is 0.462 e. The molecule has 19 heteroatoms. The Morgan fingerprint density at radius 1 is 0.362 bits per heavy atom. The summed E-state index contributed by atoms with van der Waals surface area (Å²) < 4.78 is 67.5. The largest absolute Gasteiger partial charge is 0.472 e. The van der Waals surface area contributed by atoms with Gasteiger partial charge in [0.15, 0.2) is 12.2 Å². The quantitative estimate of drug-likeness (QED) is 0.0222. The van der Waals surface area contributed by atoms with Gasteiger partial charge in [0, 0.05) is 25.7 Å². The molecule has 0 rings (SSSR count). The summed E-state index contributed by atoms with van der Waals surface area (Å²) in [5.41, 5.74) is 0. The van der Waals surface area contributed by atoms with Crippen molar-refractivity contribution in [1.29, 1.82) is 0 Å². The number of hydrogen-bond acceptors (Lipinski definition) is 15. The standard InChI is InChI=1S/C61H118O17P2/c1-7-10-12-14-24-33-39-45-60(65)77-56(49-71-58(63)43-37-29-13-11-8-2)51-75-79(67,68)73-47-55(62)48-74-80(69,70)76-52-57(50-72-59(64)44-38-32-28-23-25-30-35-41-53(4)5)78-61(66)46-40-34-27-22-20-18-16-15-17-19-21-26-31-36-42-54(6)9-3/h53-57,62H,7-52H2,1-6H3,(H,67,68)(H,69,70)/t54?,55-,56+,57+/m0/s1. The molecule has 474 valence electrons. The number of aliphatic hydroxyl groups excluding tert-OH is 1. The molecule has 6 atom stereocenters. The normalized spacial score (nSPS) is 14.7. The van der Waals surface area contributed by atoms with E-state index in [1.807, 2.05) is 0 Å². The first-order valence-electron chi connectivity index (χ1n) is 32.0. The number of carbonyl (C=O) groups excluding carboxylic acids is 4. The maximum absolute atomic E-state index is 12.9. The Balaban J connectivity index is 5.11. The molecule has 0 aliphatic rings. The molecule has 17 nitrogen and oxygen atoms in total. The third kappa shape index (κ3) is 54.0. The molecule has 3 unspecified atom stereocenters. The van der Waals surface area contributed by atoms with Crippen LogP contribution in [-0.4, -0.2) is 96.7 Å². The number of rotatable bonds is 60. The van der Waals surface area contributed by atoms with E-state index in [-0.39, 0.29) is 25.7 Å². The SMILES string of the molecule is CCCCCCCCCC(=O)O[C@H](COC(=O)CCCCCCC)COP(=O)(O)OC[C@H](O)COP(=O)(O)OC[C@@H](COC(=O)CCCCCCCCCC(C)C)OC(=O)CCCCCCCCCCCCCCCCC(C)CC. The fourth-order valence-electron chi connectivity index (χ4n) is 8.97. The molecule has 0 heterocycles. The van der Waals surface area contributed by atoms with Crippen molar-refractivity contribution in [1.82, 2.24) is 0 Å². The first kappa shape index (κ1) is 78.1. The minimum Gasteiger partial charge on any atom is -0.462 e. The maximum Gasteiger partial charge on any atom is 0.472 e. The van der Waals surface area contributed by atoms with Crippen LogP contribution in [0.3, 0.4) is 0 Å². The molecule has 0 aromatic heterocycles. The summed E-state index contributed by atoms with van der Waals surface area (Å²) in [4.78, 5) is 71.7. The van der Waals surface area contributed by atoms with E-state index in [4.69, 9.17) is 37.0 Å². The van der Waals surface area contributed by atoms with Gasteiger partial charge in [0.2, 0.25) is 0 Å². The number of aliphatic hydroxyl groups is 1. The van der Waals surface area contributed by atoms with Crippen molar-refractivity contribution in [2.24, 2.45) is 11.8 Å². The van der Waals surface area contributed by atoms with Gasteiger partial charge in [-0.3, -0.25) is 37.3 Å². The summed E-state index contributed by atoms with van der Waals surface area (Å²) in [5.74, 6) is -0.604. The first-order valence-corrected chi connectivity index (χ1v) is 35.0. The summed E-state index contributed by atoms with van der Waals surface area (Å²) in [6.07, 6.45) is 35.4. The van der Waals surface area contributed by atoms with Gasteiger partial charge in [0.25, 0.3) is 0 Å². The monoisotopic (exact) mass is 1180 g/mol. The second kappa shape index (κ2) is 53.8. The van der Waals surface area contributed by atoms with E-state index in [0.717, 1.165) is 121 Å². The van der Waals surface area contributed by atoms with Crippen molar-refractivity contribution in [3.63, 3.8) is 0 Å². The van der Waals surface area contributed by atoms with Gasteiger partial charge >= 0.3 is 39.5 Å². The van der Waals surface area contributed by atoms with E-state index in [2.05, 4.69) is 41.5 Å². The van der Waals surface area contributed by atoms with Crippen LogP contribution >= 0.6 is 15.6 Å². The number of unbranched alkanes of at least 4 members (excludes halogenated alkanes) is 29. The summed E-state index contributed by atoms with van der Waals surface area (Å²) in [7, 11) is -9.87. The minimum atomic E-state index is -4.94.